The maximum absolute atomic E-state index is 15.2. The number of fused-ring (bicyclic) bond motifs is 1. The molecule has 1 saturated heterocycles. The summed E-state index contributed by atoms with van der Waals surface area (Å²) in [6, 6.07) is 4.31. The Kier molecular flexibility index (Phi) is 6.07. The molecule has 2 aliphatic heterocycles. The summed E-state index contributed by atoms with van der Waals surface area (Å²) in [5.41, 5.74) is 2.79. The van der Waals surface area contributed by atoms with Crippen molar-refractivity contribution in [3.05, 3.63) is 35.0 Å². The molecule has 1 aromatic carbocycles. The van der Waals surface area contributed by atoms with Crippen molar-refractivity contribution in [3.8, 4) is 0 Å². The van der Waals surface area contributed by atoms with Gasteiger partial charge in [0.05, 0.1) is 5.69 Å². The number of nitrogens with zero attached hydrogens (tertiary/aromatic N) is 3. The number of aryl methyl sites for hydroxylation is 1. The van der Waals surface area contributed by atoms with Crippen LogP contribution < -0.4 is 15.1 Å². The number of benzene rings is 1. The molecule has 2 atom stereocenters. The Balaban J connectivity index is 1.31. The van der Waals surface area contributed by atoms with Crippen molar-refractivity contribution in [3.63, 3.8) is 0 Å². The van der Waals surface area contributed by atoms with Crippen molar-refractivity contribution < 1.29 is 13.6 Å². The number of carbonyl (C=O) groups is 1. The van der Waals surface area contributed by atoms with Gasteiger partial charge in [0.1, 0.15) is 11.6 Å². The van der Waals surface area contributed by atoms with E-state index >= 15 is 4.39 Å². The van der Waals surface area contributed by atoms with Crippen molar-refractivity contribution in [2.24, 2.45) is 11.3 Å². The molecule has 2 fully saturated rings. The molecule has 34 heavy (non-hydrogen) atoms. The third kappa shape index (κ3) is 3.97. The van der Waals surface area contributed by atoms with Gasteiger partial charge in [-0.1, -0.05) is 27.7 Å². The molecule has 1 amide bonds. The minimum Gasteiger partial charge on any atom is -0.428 e. The lowest BCUT2D eigenvalue weighted by atomic mass is 9.75. The molecule has 1 N–H and O–H groups in total. The van der Waals surface area contributed by atoms with Crippen LogP contribution in [0.4, 0.5) is 21.8 Å². The van der Waals surface area contributed by atoms with E-state index in [-0.39, 0.29) is 11.7 Å². The van der Waals surface area contributed by atoms with Crippen LogP contribution >= 0.6 is 0 Å². The molecule has 184 valence electrons. The molecular weight excluding hydrogens is 431 g/mol. The van der Waals surface area contributed by atoms with Crippen molar-refractivity contribution in [2.45, 2.75) is 78.7 Å². The van der Waals surface area contributed by atoms with E-state index in [0.717, 1.165) is 63.0 Å². The number of aromatic nitrogens is 1. The van der Waals surface area contributed by atoms with E-state index in [9.17, 15) is 4.79 Å². The Morgan fingerprint density at radius 1 is 1.24 bits per heavy atom. The highest BCUT2D eigenvalue weighted by molar-refractivity contribution is 6.04. The summed E-state index contributed by atoms with van der Waals surface area (Å²) >= 11 is 0. The average molecular weight is 469 g/mol. The maximum atomic E-state index is 15.2. The summed E-state index contributed by atoms with van der Waals surface area (Å²) in [4.78, 5) is 22.0. The van der Waals surface area contributed by atoms with Crippen LogP contribution in [0.25, 0.3) is 0 Å². The van der Waals surface area contributed by atoms with Crippen LogP contribution in [-0.2, 0) is 12.8 Å². The Hall–Kier alpha value is -2.57. The third-order valence-electron chi connectivity index (χ3n) is 8.46. The van der Waals surface area contributed by atoms with Gasteiger partial charge in [-0.25, -0.2) is 4.39 Å². The predicted octanol–water partition coefficient (Wildman–Crippen LogP) is 5.81. The summed E-state index contributed by atoms with van der Waals surface area (Å²) in [6.45, 7) is 11.3. The van der Waals surface area contributed by atoms with Crippen LogP contribution in [0.5, 0.6) is 0 Å². The number of amides is 1. The second-order valence-corrected chi connectivity index (χ2v) is 10.6. The first-order valence-electron chi connectivity index (χ1n) is 13.0. The first-order valence-corrected chi connectivity index (χ1v) is 13.0. The van der Waals surface area contributed by atoms with E-state index in [1.807, 2.05) is 13.0 Å². The largest absolute Gasteiger partial charge is 0.428 e. The number of hydrogen-bond acceptors (Lipinski definition) is 5. The Morgan fingerprint density at radius 2 is 2.00 bits per heavy atom. The molecule has 1 aliphatic carbocycles. The zero-order chi connectivity index (χ0) is 24.0. The molecule has 0 radical (unpaired) electrons. The fourth-order valence-corrected chi connectivity index (χ4v) is 6.10. The Bertz CT molecular complexity index is 1070. The molecule has 5 rings (SSSR count). The van der Waals surface area contributed by atoms with Crippen LogP contribution in [0.1, 0.15) is 81.6 Å². The lowest BCUT2D eigenvalue weighted by molar-refractivity contribution is 0.102. The number of carbonyl (C=O) groups excluding carboxylic acids is 1. The fourth-order valence-electron chi connectivity index (χ4n) is 6.10. The van der Waals surface area contributed by atoms with E-state index in [1.165, 1.54) is 12.5 Å². The van der Waals surface area contributed by atoms with Crippen LogP contribution in [0.2, 0.25) is 0 Å². The highest BCUT2D eigenvalue weighted by Gasteiger charge is 2.42. The van der Waals surface area contributed by atoms with Gasteiger partial charge in [-0.15, -0.1) is 0 Å². The van der Waals surface area contributed by atoms with Crippen LogP contribution in [0.15, 0.2) is 16.5 Å². The standard InChI is InChI=1S/C27H37FN4O2/c1-5-22-23(30-26(34-22)31-15-27(6-2,7-3)16-31)25(33)29-19-13-18-10-11-32(24(18)21(28)14-19)20-9-8-17(4)12-20/h13-14,17,20H,5-12,15-16H2,1-4H3,(H,29,33). The Morgan fingerprint density at radius 3 is 2.65 bits per heavy atom. The molecule has 2 unspecified atom stereocenters. The van der Waals surface area contributed by atoms with E-state index in [1.54, 1.807) is 0 Å². The summed E-state index contributed by atoms with van der Waals surface area (Å²) in [7, 11) is 0. The lowest BCUT2D eigenvalue weighted by Gasteiger charge is -2.48. The summed E-state index contributed by atoms with van der Waals surface area (Å²) in [6.07, 6.45) is 7.08. The molecule has 3 heterocycles. The van der Waals surface area contributed by atoms with Crippen molar-refractivity contribution in [2.75, 3.05) is 34.8 Å². The quantitative estimate of drug-likeness (QED) is 0.556. The molecule has 1 aromatic heterocycles. The minimum atomic E-state index is -0.344. The number of oxazole rings is 1. The van der Waals surface area contributed by atoms with E-state index < -0.39 is 0 Å². The van der Waals surface area contributed by atoms with Gasteiger partial charge in [0.2, 0.25) is 0 Å². The van der Waals surface area contributed by atoms with Crippen molar-refractivity contribution in [1.29, 1.82) is 0 Å². The van der Waals surface area contributed by atoms with Gasteiger partial charge in [-0.05, 0) is 62.1 Å². The molecule has 3 aliphatic rings. The van der Waals surface area contributed by atoms with Crippen LogP contribution in [-0.4, -0.2) is 36.6 Å². The number of halogens is 1. The number of nitrogens with one attached hydrogen (secondary N) is 1. The molecule has 7 heteroatoms. The van der Waals surface area contributed by atoms with Crippen LogP contribution in [0.3, 0.4) is 0 Å². The SMILES string of the molecule is CCc1oc(N2CC(CC)(CC)C2)nc1C(=O)Nc1cc(F)c2c(c1)CCN2C1CCC(C)C1. The first-order chi connectivity index (χ1) is 16.4. The predicted molar refractivity (Wildman–Crippen MR) is 133 cm³/mol. The molecular formula is C27H37FN4O2. The van der Waals surface area contributed by atoms with Crippen molar-refractivity contribution in [1.82, 2.24) is 4.98 Å². The monoisotopic (exact) mass is 468 g/mol. The molecule has 6 nitrogen and oxygen atoms in total. The molecule has 1 saturated carbocycles. The topological polar surface area (TPSA) is 61.6 Å². The molecule has 2 aromatic rings. The molecule has 0 spiro atoms. The summed E-state index contributed by atoms with van der Waals surface area (Å²) in [5, 5.41) is 2.88. The smallest absolute Gasteiger partial charge is 0.298 e. The van der Waals surface area contributed by atoms with E-state index in [0.29, 0.717) is 47.0 Å². The van der Waals surface area contributed by atoms with Crippen LogP contribution in [0, 0.1) is 17.2 Å². The fraction of sp³-hybridized carbons (Fsp3) is 0.630. The highest BCUT2D eigenvalue weighted by Crippen LogP contribution is 2.41. The Labute approximate surface area is 201 Å². The zero-order valence-corrected chi connectivity index (χ0v) is 20.9. The normalized spacial score (nSPS) is 23.2. The second kappa shape index (κ2) is 8.90. The van der Waals surface area contributed by atoms with E-state index in [2.05, 4.69) is 40.9 Å². The zero-order valence-electron chi connectivity index (χ0n) is 20.9. The molecule has 0 bridgehead atoms. The van der Waals surface area contributed by atoms with Gasteiger partial charge < -0.3 is 19.5 Å². The van der Waals surface area contributed by atoms with Gasteiger partial charge in [-0.3, -0.25) is 4.79 Å². The van der Waals surface area contributed by atoms with Gasteiger partial charge in [0.15, 0.2) is 5.69 Å². The average Bonchev–Trinajstić information content (AvgIpc) is 3.51. The first kappa shape index (κ1) is 23.2. The van der Waals surface area contributed by atoms with Gasteiger partial charge in [0.25, 0.3) is 11.9 Å². The number of hydrogen-bond donors (Lipinski definition) is 1. The highest BCUT2D eigenvalue weighted by atomic mass is 19.1. The minimum absolute atomic E-state index is 0.252. The van der Waals surface area contributed by atoms with Crippen molar-refractivity contribution >= 4 is 23.3 Å². The van der Waals surface area contributed by atoms with Gasteiger partial charge in [-0.2, -0.15) is 4.98 Å². The number of rotatable bonds is 7. The van der Waals surface area contributed by atoms with Gasteiger partial charge in [0, 0.05) is 43.2 Å². The third-order valence-corrected chi connectivity index (χ3v) is 8.46. The lowest BCUT2D eigenvalue weighted by Crippen LogP contribution is -2.56. The number of anilines is 3. The second-order valence-electron chi connectivity index (χ2n) is 10.6. The summed E-state index contributed by atoms with van der Waals surface area (Å²) < 4.78 is 21.2. The van der Waals surface area contributed by atoms with Gasteiger partial charge >= 0.3 is 0 Å². The maximum Gasteiger partial charge on any atom is 0.298 e. The summed E-state index contributed by atoms with van der Waals surface area (Å²) in [5.74, 6) is 0.675. The van der Waals surface area contributed by atoms with E-state index in [4.69, 9.17) is 4.42 Å².